The molecule has 0 bridgehead atoms. The van der Waals surface area contributed by atoms with E-state index in [0.29, 0.717) is 0 Å². The van der Waals surface area contributed by atoms with Gasteiger partial charge in [-0.05, 0) is 0 Å². The van der Waals surface area contributed by atoms with E-state index in [1.54, 1.807) is 19.8 Å². The minimum absolute atomic E-state index is 0.426. The van der Waals surface area contributed by atoms with Gasteiger partial charge in [-0.2, -0.15) is 10.2 Å². The van der Waals surface area contributed by atoms with Crippen LogP contribution < -0.4 is 0 Å². The van der Waals surface area contributed by atoms with Gasteiger partial charge in [0, 0.05) is 7.11 Å². The second kappa shape index (κ2) is 3.31. The van der Waals surface area contributed by atoms with Crippen LogP contribution in [0.5, 0.6) is 0 Å². The van der Waals surface area contributed by atoms with Crippen molar-refractivity contribution in [3.63, 3.8) is 0 Å². The molecule has 2 aromatic rings. The molecule has 0 saturated carbocycles. The van der Waals surface area contributed by atoms with E-state index < -0.39 is 6.35 Å². The molecule has 7 heteroatoms. The predicted molar refractivity (Wildman–Crippen MR) is 41.5 cm³/mol. The van der Waals surface area contributed by atoms with Crippen molar-refractivity contribution in [2.75, 3.05) is 7.11 Å². The summed E-state index contributed by atoms with van der Waals surface area (Å²) in [5.41, 5.74) is 0. The maximum Gasteiger partial charge on any atom is 0.251 e. The Morgan fingerprint density at radius 3 is 1.92 bits per heavy atom. The first kappa shape index (κ1) is 7.87. The van der Waals surface area contributed by atoms with Gasteiger partial charge in [0.05, 0.1) is 0 Å². The molecule has 0 radical (unpaired) electrons. The molecule has 0 N–H and O–H groups in total. The summed E-state index contributed by atoms with van der Waals surface area (Å²) in [5, 5.41) is 7.87. The summed E-state index contributed by atoms with van der Waals surface area (Å²) < 4.78 is 8.23. The highest BCUT2D eigenvalue weighted by atomic mass is 16.5. The quantitative estimate of drug-likeness (QED) is 0.638. The highest BCUT2D eigenvalue weighted by molar-refractivity contribution is 4.65. The Kier molecular flexibility index (Phi) is 2.01. The van der Waals surface area contributed by atoms with Crippen LogP contribution in [0.25, 0.3) is 0 Å². The highest BCUT2D eigenvalue weighted by Crippen LogP contribution is 2.04. The van der Waals surface area contributed by atoms with Crippen LogP contribution in [0.3, 0.4) is 0 Å². The zero-order chi connectivity index (χ0) is 9.10. The van der Waals surface area contributed by atoms with Gasteiger partial charge in [0.2, 0.25) is 0 Å². The van der Waals surface area contributed by atoms with Gasteiger partial charge < -0.3 is 4.74 Å². The molecule has 0 aliphatic rings. The van der Waals surface area contributed by atoms with E-state index in [1.165, 1.54) is 22.0 Å². The summed E-state index contributed by atoms with van der Waals surface area (Å²) >= 11 is 0. The molecule has 0 saturated heterocycles. The molecule has 13 heavy (non-hydrogen) atoms. The fourth-order valence-electron chi connectivity index (χ4n) is 1.00. The lowest BCUT2D eigenvalue weighted by atomic mass is 10.9. The van der Waals surface area contributed by atoms with Crippen molar-refractivity contribution in [3.05, 3.63) is 25.3 Å². The van der Waals surface area contributed by atoms with Crippen molar-refractivity contribution in [2.45, 2.75) is 6.35 Å². The van der Waals surface area contributed by atoms with Crippen LogP contribution in [0.1, 0.15) is 6.35 Å². The van der Waals surface area contributed by atoms with Gasteiger partial charge in [-0.3, -0.25) is 0 Å². The third-order valence-electron chi connectivity index (χ3n) is 1.54. The number of hydrogen-bond acceptors (Lipinski definition) is 5. The normalized spacial score (nSPS) is 10.9. The van der Waals surface area contributed by atoms with Crippen LogP contribution in [0.4, 0.5) is 0 Å². The number of rotatable bonds is 3. The van der Waals surface area contributed by atoms with Gasteiger partial charge in [0.25, 0.3) is 6.35 Å². The molecule has 0 aliphatic heterocycles. The largest absolute Gasteiger partial charge is 0.341 e. The lowest BCUT2D eigenvalue weighted by Crippen LogP contribution is -2.20. The Bertz CT molecular complexity index is 307. The Morgan fingerprint density at radius 1 is 1.08 bits per heavy atom. The molecule has 0 atom stereocenters. The van der Waals surface area contributed by atoms with Crippen molar-refractivity contribution in [3.8, 4) is 0 Å². The molecular formula is C6H8N6O. The average Bonchev–Trinajstić information content (AvgIpc) is 2.76. The van der Waals surface area contributed by atoms with Crippen LogP contribution in [0, 0.1) is 0 Å². The lowest BCUT2D eigenvalue weighted by molar-refractivity contribution is -0.000705. The molecule has 0 aliphatic carbocycles. The maximum atomic E-state index is 5.16. The molecule has 7 nitrogen and oxygen atoms in total. The lowest BCUT2D eigenvalue weighted by Gasteiger charge is -2.13. The summed E-state index contributed by atoms with van der Waals surface area (Å²) in [6, 6.07) is 0. The summed E-state index contributed by atoms with van der Waals surface area (Å²) in [4.78, 5) is 7.62. The molecule has 0 amide bonds. The van der Waals surface area contributed by atoms with Gasteiger partial charge in [0.1, 0.15) is 25.3 Å². The van der Waals surface area contributed by atoms with Crippen LogP contribution >= 0.6 is 0 Å². The van der Waals surface area contributed by atoms with E-state index in [-0.39, 0.29) is 0 Å². The van der Waals surface area contributed by atoms with Crippen molar-refractivity contribution >= 4 is 0 Å². The van der Waals surface area contributed by atoms with Gasteiger partial charge in [-0.15, -0.1) is 0 Å². The first-order chi connectivity index (χ1) is 6.42. The summed E-state index contributed by atoms with van der Waals surface area (Å²) in [5.74, 6) is 0. The minimum atomic E-state index is -0.426. The first-order valence-electron chi connectivity index (χ1n) is 3.63. The van der Waals surface area contributed by atoms with E-state index in [0.717, 1.165) is 0 Å². The third-order valence-corrected chi connectivity index (χ3v) is 1.54. The zero-order valence-electron chi connectivity index (χ0n) is 6.98. The van der Waals surface area contributed by atoms with E-state index in [4.69, 9.17) is 4.74 Å². The van der Waals surface area contributed by atoms with E-state index in [2.05, 4.69) is 20.2 Å². The average molecular weight is 180 g/mol. The summed E-state index contributed by atoms with van der Waals surface area (Å²) in [6.07, 6.45) is 5.54. The number of hydrogen-bond donors (Lipinski definition) is 0. The fourth-order valence-corrected chi connectivity index (χ4v) is 1.00. The number of nitrogens with zero attached hydrogens (tertiary/aromatic N) is 6. The molecule has 0 aromatic carbocycles. The summed E-state index contributed by atoms with van der Waals surface area (Å²) in [6.45, 7) is 0. The zero-order valence-corrected chi connectivity index (χ0v) is 6.98. The molecule has 2 aromatic heterocycles. The minimum Gasteiger partial charge on any atom is -0.341 e. The van der Waals surface area contributed by atoms with Gasteiger partial charge in [-0.1, -0.05) is 0 Å². The van der Waals surface area contributed by atoms with Crippen molar-refractivity contribution < 1.29 is 4.74 Å². The van der Waals surface area contributed by atoms with E-state index >= 15 is 0 Å². The molecular weight excluding hydrogens is 172 g/mol. The second-order valence-corrected chi connectivity index (χ2v) is 2.31. The van der Waals surface area contributed by atoms with Crippen LogP contribution in [-0.2, 0) is 4.74 Å². The van der Waals surface area contributed by atoms with Crippen molar-refractivity contribution in [1.82, 2.24) is 29.5 Å². The number of aromatic nitrogens is 6. The van der Waals surface area contributed by atoms with Crippen molar-refractivity contribution in [1.29, 1.82) is 0 Å². The van der Waals surface area contributed by atoms with Crippen molar-refractivity contribution in [2.24, 2.45) is 0 Å². The predicted octanol–water partition coefficient (Wildman–Crippen LogP) is -0.480. The topological polar surface area (TPSA) is 70.7 Å². The molecule has 0 spiro atoms. The molecule has 68 valence electrons. The standard InChI is InChI=1S/C6H8N6O/c1-13-6(11-4-7-2-9-11)12-5-8-3-10-12/h2-6H,1H3. The Balaban J connectivity index is 2.29. The summed E-state index contributed by atoms with van der Waals surface area (Å²) in [7, 11) is 1.56. The number of ether oxygens (including phenoxy) is 1. The fraction of sp³-hybridized carbons (Fsp3) is 0.333. The molecule has 0 unspecified atom stereocenters. The van der Waals surface area contributed by atoms with E-state index in [1.807, 2.05) is 0 Å². The third kappa shape index (κ3) is 1.41. The molecule has 0 fully saturated rings. The SMILES string of the molecule is COC(n1cncn1)n1cncn1. The monoisotopic (exact) mass is 180 g/mol. The maximum absolute atomic E-state index is 5.16. The van der Waals surface area contributed by atoms with Gasteiger partial charge >= 0.3 is 0 Å². The smallest absolute Gasteiger partial charge is 0.251 e. The second-order valence-electron chi connectivity index (χ2n) is 2.31. The van der Waals surface area contributed by atoms with Crippen LogP contribution in [0.15, 0.2) is 25.3 Å². The van der Waals surface area contributed by atoms with Gasteiger partial charge in [-0.25, -0.2) is 19.3 Å². The van der Waals surface area contributed by atoms with Crippen LogP contribution in [0.2, 0.25) is 0 Å². The highest BCUT2D eigenvalue weighted by Gasteiger charge is 2.11. The first-order valence-corrected chi connectivity index (χ1v) is 3.63. The number of methoxy groups -OCH3 is 1. The molecule has 2 rings (SSSR count). The van der Waals surface area contributed by atoms with Crippen LogP contribution in [-0.4, -0.2) is 36.6 Å². The van der Waals surface area contributed by atoms with Gasteiger partial charge in [0.15, 0.2) is 0 Å². The van der Waals surface area contributed by atoms with E-state index in [9.17, 15) is 0 Å². The Labute approximate surface area is 74.0 Å². The molecule has 2 heterocycles. The Morgan fingerprint density at radius 2 is 1.62 bits per heavy atom. The Hall–Kier alpha value is -1.76.